The van der Waals surface area contributed by atoms with E-state index in [-0.39, 0.29) is 27.3 Å². The van der Waals surface area contributed by atoms with Gasteiger partial charge in [-0.15, -0.1) is 10.2 Å². The number of aryl methyl sites for hydroxylation is 1. The van der Waals surface area contributed by atoms with Gasteiger partial charge in [-0.25, -0.2) is 12.7 Å². The zero-order chi connectivity index (χ0) is 23.3. The fraction of sp³-hybridized carbons (Fsp3) is 0.200. The van der Waals surface area contributed by atoms with E-state index >= 15 is 0 Å². The molecule has 3 rings (SSSR count). The van der Waals surface area contributed by atoms with Crippen LogP contribution in [-0.2, 0) is 14.8 Å². The summed E-state index contributed by atoms with van der Waals surface area (Å²) in [5, 5.41) is 13.6. The lowest BCUT2D eigenvalue weighted by Gasteiger charge is -2.11. The van der Waals surface area contributed by atoms with E-state index in [1.54, 1.807) is 0 Å². The average molecular weight is 492 g/mol. The Labute approximate surface area is 194 Å². The Morgan fingerprint density at radius 1 is 1.06 bits per heavy atom. The number of nitrogens with one attached hydrogen (secondary N) is 2. The number of carbonyl (C=O) groups is 2. The number of hydrogen-bond donors (Lipinski definition) is 2. The topological polar surface area (TPSA) is 121 Å². The first-order valence-electron chi connectivity index (χ1n) is 9.32. The van der Waals surface area contributed by atoms with Gasteiger partial charge < -0.3 is 5.32 Å². The molecule has 3 aromatic rings. The minimum atomic E-state index is -3.56. The van der Waals surface area contributed by atoms with Crippen LogP contribution in [0, 0.1) is 6.92 Å². The third-order valence-corrected chi connectivity index (χ3v) is 7.95. The molecule has 0 radical (unpaired) electrons. The van der Waals surface area contributed by atoms with E-state index in [0.717, 1.165) is 26.9 Å². The Hall–Kier alpha value is -2.80. The van der Waals surface area contributed by atoms with Gasteiger partial charge in [0.2, 0.25) is 21.1 Å². The quantitative estimate of drug-likeness (QED) is 0.367. The fourth-order valence-corrected chi connectivity index (χ4v) is 4.97. The maximum absolute atomic E-state index is 12.4. The molecule has 0 bridgehead atoms. The first-order valence-corrected chi connectivity index (χ1v) is 12.6. The number of thioether (sulfide) groups is 1. The van der Waals surface area contributed by atoms with Crippen molar-refractivity contribution in [3.05, 3.63) is 59.7 Å². The van der Waals surface area contributed by atoms with Gasteiger partial charge in [-0.1, -0.05) is 35.2 Å². The first-order chi connectivity index (χ1) is 15.1. The van der Waals surface area contributed by atoms with Crippen molar-refractivity contribution in [2.75, 3.05) is 30.5 Å². The third-order valence-electron chi connectivity index (χ3n) is 4.15. The van der Waals surface area contributed by atoms with Gasteiger partial charge in [0.1, 0.15) is 0 Å². The molecule has 0 spiro atoms. The highest BCUT2D eigenvalue weighted by Crippen LogP contribution is 2.26. The van der Waals surface area contributed by atoms with Crippen LogP contribution in [0.1, 0.15) is 15.9 Å². The first kappa shape index (κ1) is 23.9. The highest BCUT2D eigenvalue weighted by Gasteiger charge is 2.18. The van der Waals surface area contributed by atoms with E-state index in [0.29, 0.717) is 4.34 Å². The van der Waals surface area contributed by atoms with Crippen molar-refractivity contribution in [3.63, 3.8) is 0 Å². The van der Waals surface area contributed by atoms with Crippen LogP contribution in [0.4, 0.5) is 10.8 Å². The summed E-state index contributed by atoms with van der Waals surface area (Å²) in [6, 6.07) is 13.1. The summed E-state index contributed by atoms with van der Waals surface area (Å²) < 4.78 is 25.9. The largest absolute Gasteiger partial charge is 0.325 e. The molecule has 0 aliphatic rings. The van der Waals surface area contributed by atoms with Gasteiger partial charge in [-0.3, -0.25) is 14.9 Å². The minimum Gasteiger partial charge on any atom is -0.325 e. The molecule has 0 saturated carbocycles. The minimum absolute atomic E-state index is 0.0950. The van der Waals surface area contributed by atoms with Crippen LogP contribution in [0.5, 0.6) is 0 Å². The number of anilines is 2. The molecule has 0 saturated heterocycles. The van der Waals surface area contributed by atoms with Gasteiger partial charge in [-0.05, 0) is 48.9 Å². The van der Waals surface area contributed by atoms with Crippen molar-refractivity contribution in [1.82, 2.24) is 14.5 Å². The lowest BCUT2D eigenvalue weighted by Crippen LogP contribution is -2.22. The second-order valence-corrected chi connectivity index (χ2v) is 11.2. The fourth-order valence-electron chi connectivity index (χ4n) is 2.52. The number of nitrogens with zero attached hydrogens (tertiary/aromatic N) is 3. The maximum atomic E-state index is 12.4. The Kier molecular flexibility index (Phi) is 7.61. The average Bonchev–Trinajstić information content (AvgIpc) is 3.19. The molecular formula is C20H21N5O4S3. The van der Waals surface area contributed by atoms with Crippen molar-refractivity contribution < 1.29 is 18.0 Å². The van der Waals surface area contributed by atoms with E-state index in [4.69, 9.17) is 0 Å². The zero-order valence-electron chi connectivity index (χ0n) is 17.5. The number of rotatable bonds is 8. The molecule has 1 aromatic heterocycles. The molecule has 2 amide bonds. The molecule has 1 heterocycles. The number of hydrogen-bond acceptors (Lipinski definition) is 8. The van der Waals surface area contributed by atoms with E-state index in [1.165, 1.54) is 50.1 Å². The lowest BCUT2D eigenvalue weighted by molar-refractivity contribution is -0.113. The van der Waals surface area contributed by atoms with Crippen molar-refractivity contribution in [3.8, 4) is 0 Å². The van der Waals surface area contributed by atoms with Crippen LogP contribution in [0.2, 0.25) is 0 Å². The van der Waals surface area contributed by atoms with Crippen LogP contribution in [0.25, 0.3) is 0 Å². The molecule has 0 fully saturated rings. The summed E-state index contributed by atoms with van der Waals surface area (Å²) in [7, 11) is -0.689. The molecule has 2 aromatic carbocycles. The molecule has 9 nitrogen and oxygen atoms in total. The summed E-state index contributed by atoms with van der Waals surface area (Å²) in [5.74, 6) is -0.462. The monoisotopic (exact) mass is 491 g/mol. The number of sulfonamides is 1. The smallest absolute Gasteiger partial charge is 0.257 e. The SMILES string of the molecule is Cc1cccc(NC(=O)CSc2nnc(NC(=O)c3ccc(S(=O)(=O)N(C)C)cc3)s2)c1. The van der Waals surface area contributed by atoms with Crippen LogP contribution in [-0.4, -0.2) is 54.6 Å². The number of carbonyl (C=O) groups excluding carboxylic acids is 2. The van der Waals surface area contributed by atoms with Gasteiger partial charge in [0.25, 0.3) is 5.91 Å². The Balaban J connectivity index is 1.54. The van der Waals surface area contributed by atoms with Crippen molar-refractivity contribution in [2.24, 2.45) is 0 Å². The van der Waals surface area contributed by atoms with Gasteiger partial charge in [-0.2, -0.15) is 0 Å². The van der Waals surface area contributed by atoms with Gasteiger partial charge >= 0.3 is 0 Å². The molecular weight excluding hydrogens is 470 g/mol. The van der Waals surface area contributed by atoms with Crippen LogP contribution < -0.4 is 10.6 Å². The standard InChI is InChI=1S/C20H21N5O4S3/c1-13-5-4-6-15(11-13)21-17(26)12-30-20-24-23-19(31-20)22-18(27)14-7-9-16(10-8-14)32(28,29)25(2)3/h4-11H,12H2,1-3H3,(H,21,26)(H,22,23,27). The maximum Gasteiger partial charge on any atom is 0.257 e. The Morgan fingerprint density at radius 2 is 1.78 bits per heavy atom. The summed E-state index contributed by atoms with van der Waals surface area (Å²) in [6.07, 6.45) is 0. The van der Waals surface area contributed by atoms with E-state index in [2.05, 4.69) is 20.8 Å². The third kappa shape index (κ3) is 6.13. The zero-order valence-corrected chi connectivity index (χ0v) is 20.0. The highest BCUT2D eigenvalue weighted by atomic mass is 32.2. The van der Waals surface area contributed by atoms with E-state index < -0.39 is 15.9 Å². The number of amides is 2. The molecule has 0 aliphatic carbocycles. The van der Waals surface area contributed by atoms with Crippen molar-refractivity contribution in [1.29, 1.82) is 0 Å². The molecule has 0 unspecified atom stereocenters. The second-order valence-electron chi connectivity index (χ2n) is 6.85. The molecule has 32 heavy (non-hydrogen) atoms. The normalized spacial score (nSPS) is 11.4. The summed E-state index contributed by atoms with van der Waals surface area (Å²) >= 11 is 2.36. The second kappa shape index (κ2) is 10.2. The van der Waals surface area contributed by atoms with E-state index in [1.807, 2.05) is 31.2 Å². The molecule has 0 atom stereocenters. The summed E-state index contributed by atoms with van der Waals surface area (Å²) in [4.78, 5) is 24.6. The molecule has 2 N–H and O–H groups in total. The molecule has 12 heteroatoms. The van der Waals surface area contributed by atoms with Gasteiger partial charge in [0.05, 0.1) is 10.6 Å². The lowest BCUT2D eigenvalue weighted by atomic mass is 10.2. The Morgan fingerprint density at radius 3 is 2.44 bits per heavy atom. The predicted octanol–water partition coefficient (Wildman–Crippen LogP) is 3.08. The molecule has 0 aliphatic heterocycles. The number of benzene rings is 2. The summed E-state index contributed by atoms with van der Waals surface area (Å²) in [5.41, 5.74) is 2.06. The van der Waals surface area contributed by atoms with E-state index in [9.17, 15) is 18.0 Å². The summed E-state index contributed by atoms with van der Waals surface area (Å²) in [6.45, 7) is 1.95. The van der Waals surface area contributed by atoms with Crippen LogP contribution >= 0.6 is 23.1 Å². The van der Waals surface area contributed by atoms with Crippen molar-refractivity contribution in [2.45, 2.75) is 16.2 Å². The van der Waals surface area contributed by atoms with Crippen molar-refractivity contribution >= 4 is 55.8 Å². The van der Waals surface area contributed by atoms with Gasteiger partial charge in [0, 0.05) is 25.3 Å². The van der Waals surface area contributed by atoms with Crippen LogP contribution in [0.15, 0.2) is 57.8 Å². The predicted molar refractivity (Wildman–Crippen MR) is 126 cm³/mol. The van der Waals surface area contributed by atoms with Gasteiger partial charge in [0.15, 0.2) is 4.34 Å². The van der Waals surface area contributed by atoms with Crippen LogP contribution in [0.3, 0.4) is 0 Å². The number of aromatic nitrogens is 2. The Bertz CT molecular complexity index is 1220. The highest BCUT2D eigenvalue weighted by molar-refractivity contribution is 8.01. The molecule has 168 valence electrons.